The third-order valence-electron chi connectivity index (χ3n) is 3.08. The van der Waals surface area contributed by atoms with Gasteiger partial charge in [0.05, 0.1) is 6.61 Å². The van der Waals surface area contributed by atoms with Gasteiger partial charge in [0, 0.05) is 24.0 Å². The topological polar surface area (TPSA) is 47.0 Å². The molecule has 0 saturated carbocycles. The first-order valence-electron chi connectivity index (χ1n) is 7.65. The zero-order chi connectivity index (χ0) is 15.0. The molecule has 0 saturated heterocycles. The van der Waals surface area contributed by atoms with Gasteiger partial charge < -0.3 is 10.1 Å². The first-order valence-corrected chi connectivity index (χ1v) is 7.65. The van der Waals surface area contributed by atoms with Crippen LogP contribution < -0.4 is 10.1 Å². The maximum Gasteiger partial charge on any atom is 0.316 e. The Kier molecular flexibility index (Phi) is 7.52. The summed E-state index contributed by atoms with van der Waals surface area (Å²) in [6, 6.07) is 0.499. The van der Waals surface area contributed by atoms with Gasteiger partial charge in [0.15, 0.2) is 0 Å². The molecule has 1 N–H and O–H groups in total. The third-order valence-corrected chi connectivity index (χ3v) is 3.08. The summed E-state index contributed by atoms with van der Waals surface area (Å²) in [7, 11) is 0. The molecule has 4 heteroatoms. The fraction of sp³-hybridized carbons (Fsp3) is 0.750. The van der Waals surface area contributed by atoms with Gasteiger partial charge in [0.2, 0.25) is 0 Å². The summed E-state index contributed by atoms with van der Waals surface area (Å²) in [5.41, 5.74) is 2.13. The zero-order valence-corrected chi connectivity index (χ0v) is 13.6. The average Bonchev–Trinajstić information content (AvgIpc) is 2.36. The Bertz CT molecular complexity index is 391. The molecule has 114 valence electrons. The predicted molar refractivity (Wildman–Crippen MR) is 82.9 cm³/mol. The van der Waals surface area contributed by atoms with Crippen molar-refractivity contribution in [1.29, 1.82) is 0 Å². The van der Waals surface area contributed by atoms with Gasteiger partial charge in [-0.15, -0.1) is 0 Å². The maximum atomic E-state index is 5.59. The number of aryl methyl sites for hydroxylation is 1. The summed E-state index contributed by atoms with van der Waals surface area (Å²) >= 11 is 0. The second kappa shape index (κ2) is 8.90. The molecule has 1 heterocycles. The van der Waals surface area contributed by atoms with Crippen LogP contribution in [-0.4, -0.2) is 23.1 Å². The summed E-state index contributed by atoms with van der Waals surface area (Å²) in [6.45, 7) is 13.4. The molecule has 0 amide bonds. The Morgan fingerprint density at radius 1 is 1.20 bits per heavy atom. The van der Waals surface area contributed by atoms with Crippen molar-refractivity contribution in [2.24, 2.45) is 11.8 Å². The van der Waals surface area contributed by atoms with Crippen LogP contribution in [0.4, 0.5) is 0 Å². The number of hydrogen-bond donors (Lipinski definition) is 1. The summed E-state index contributed by atoms with van der Waals surface area (Å²) < 4.78 is 5.59. The van der Waals surface area contributed by atoms with Crippen molar-refractivity contribution in [3.63, 3.8) is 0 Å². The van der Waals surface area contributed by atoms with Crippen LogP contribution in [0.5, 0.6) is 6.01 Å². The molecular formula is C16H29N3O. The quantitative estimate of drug-likeness (QED) is 0.704. The molecule has 0 aliphatic carbocycles. The van der Waals surface area contributed by atoms with E-state index in [9.17, 15) is 0 Å². The molecular weight excluding hydrogens is 250 g/mol. The molecule has 0 aromatic carbocycles. The van der Waals surface area contributed by atoms with E-state index in [1.165, 1.54) is 6.42 Å². The highest BCUT2D eigenvalue weighted by molar-refractivity contribution is 5.17. The van der Waals surface area contributed by atoms with E-state index < -0.39 is 0 Å². The molecule has 1 aromatic heterocycles. The van der Waals surface area contributed by atoms with Crippen LogP contribution >= 0.6 is 0 Å². The lowest BCUT2D eigenvalue weighted by atomic mass is 10.1. The van der Waals surface area contributed by atoms with Crippen molar-refractivity contribution >= 4 is 0 Å². The second-order valence-corrected chi connectivity index (χ2v) is 6.17. The fourth-order valence-electron chi connectivity index (χ4n) is 1.86. The molecule has 0 atom stereocenters. The Morgan fingerprint density at radius 2 is 1.95 bits per heavy atom. The first-order chi connectivity index (χ1) is 9.49. The monoisotopic (exact) mass is 279 g/mol. The molecule has 0 unspecified atom stereocenters. The normalized spacial score (nSPS) is 11.3. The molecule has 0 bridgehead atoms. The van der Waals surface area contributed by atoms with Gasteiger partial charge in [-0.3, -0.25) is 0 Å². The second-order valence-electron chi connectivity index (χ2n) is 6.17. The van der Waals surface area contributed by atoms with Crippen LogP contribution in [0.15, 0.2) is 6.20 Å². The molecule has 0 radical (unpaired) electrons. The van der Waals surface area contributed by atoms with Crippen LogP contribution in [0.2, 0.25) is 0 Å². The maximum absolute atomic E-state index is 5.59. The molecule has 1 aromatic rings. The number of aromatic nitrogens is 2. The lowest BCUT2D eigenvalue weighted by Gasteiger charge is -2.10. The molecule has 20 heavy (non-hydrogen) atoms. The SMILES string of the molecule is Cc1nc(OCCCC(C)C)ncc1CNCC(C)C. The number of nitrogens with one attached hydrogen (secondary N) is 1. The highest BCUT2D eigenvalue weighted by atomic mass is 16.5. The van der Waals surface area contributed by atoms with Gasteiger partial charge >= 0.3 is 6.01 Å². The van der Waals surface area contributed by atoms with Crippen molar-refractivity contribution in [2.75, 3.05) is 13.2 Å². The predicted octanol–water partition coefficient (Wildman–Crippen LogP) is 3.35. The Morgan fingerprint density at radius 3 is 2.55 bits per heavy atom. The summed E-state index contributed by atoms with van der Waals surface area (Å²) in [4.78, 5) is 8.69. The molecule has 1 rings (SSSR count). The standard InChI is InChI=1S/C16H29N3O/c1-12(2)7-6-8-20-16-18-11-15(14(5)19-16)10-17-9-13(3)4/h11-13,17H,6-10H2,1-5H3. The van der Waals surface area contributed by atoms with Crippen molar-refractivity contribution in [3.8, 4) is 6.01 Å². The molecule has 0 aliphatic rings. The number of hydrogen-bond acceptors (Lipinski definition) is 4. The largest absolute Gasteiger partial charge is 0.463 e. The molecule has 0 spiro atoms. The molecule has 0 fully saturated rings. The van der Waals surface area contributed by atoms with Crippen molar-refractivity contribution in [3.05, 3.63) is 17.5 Å². The van der Waals surface area contributed by atoms with E-state index in [1.807, 2.05) is 13.1 Å². The first kappa shape index (κ1) is 16.9. The fourth-order valence-corrected chi connectivity index (χ4v) is 1.86. The lowest BCUT2D eigenvalue weighted by Crippen LogP contribution is -2.20. The number of ether oxygens (including phenoxy) is 1. The third kappa shape index (κ3) is 6.85. The summed E-state index contributed by atoms with van der Waals surface area (Å²) in [5, 5.41) is 3.41. The van der Waals surface area contributed by atoms with Crippen LogP contribution in [0.25, 0.3) is 0 Å². The Labute approximate surface area is 123 Å². The molecule has 0 aliphatic heterocycles. The van der Waals surface area contributed by atoms with E-state index in [1.54, 1.807) is 0 Å². The average molecular weight is 279 g/mol. The van der Waals surface area contributed by atoms with Crippen LogP contribution in [-0.2, 0) is 6.54 Å². The van der Waals surface area contributed by atoms with Crippen molar-refractivity contribution in [1.82, 2.24) is 15.3 Å². The lowest BCUT2D eigenvalue weighted by molar-refractivity contribution is 0.275. The van der Waals surface area contributed by atoms with Gasteiger partial charge in [0.25, 0.3) is 0 Å². The minimum absolute atomic E-state index is 0.499. The smallest absolute Gasteiger partial charge is 0.316 e. The van der Waals surface area contributed by atoms with Crippen molar-refractivity contribution < 1.29 is 4.74 Å². The van der Waals surface area contributed by atoms with Crippen molar-refractivity contribution in [2.45, 2.75) is 54.0 Å². The Balaban J connectivity index is 2.38. The Hall–Kier alpha value is -1.16. The summed E-state index contributed by atoms with van der Waals surface area (Å²) in [6.07, 6.45) is 4.10. The highest BCUT2D eigenvalue weighted by Gasteiger charge is 2.05. The van der Waals surface area contributed by atoms with Crippen LogP contribution in [0.1, 0.15) is 51.8 Å². The van der Waals surface area contributed by atoms with Gasteiger partial charge in [-0.1, -0.05) is 27.7 Å². The van der Waals surface area contributed by atoms with Gasteiger partial charge in [-0.25, -0.2) is 9.97 Å². The highest BCUT2D eigenvalue weighted by Crippen LogP contribution is 2.10. The van der Waals surface area contributed by atoms with E-state index in [0.717, 1.165) is 36.7 Å². The van der Waals surface area contributed by atoms with E-state index in [4.69, 9.17) is 4.74 Å². The number of nitrogens with zero attached hydrogens (tertiary/aromatic N) is 2. The van der Waals surface area contributed by atoms with E-state index in [2.05, 4.69) is 43.0 Å². The summed E-state index contributed by atoms with van der Waals surface area (Å²) in [5.74, 6) is 1.37. The van der Waals surface area contributed by atoms with Crippen LogP contribution in [0, 0.1) is 18.8 Å². The molecule has 4 nitrogen and oxygen atoms in total. The van der Waals surface area contributed by atoms with Gasteiger partial charge in [0.1, 0.15) is 0 Å². The number of rotatable bonds is 9. The van der Waals surface area contributed by atoms with Gasteiger partial charge in [-0.2, -0.15) is 0 Å². The van der Waals surface area contributed by atoms with E-state index in [-0.39, 0.29) is 0 Å². The van der Waals surface area contributed by atoms with E-state index in [0.29, 0.717) is 18.5 Å². The minimum Gasteiger partial charge on any atom is -0.463 e. The van der Waals surface area contributed by atoms with Gasteiger partial charge in [-0.05, 0) is 38.1 Å². The minimum atomic E-state index is 0.499. The van der Waals surface area contributed by atoms with E-state index >= 15 is 0 Å². The zero-order valence-electron chi connectivity index (χ0n) is 13.6. The van der Waals surface area contributed by atoms with Crippen LogP contribution in [0.3, 0.4) is 0 Å².